The van der Waals surface area contributed by atoms with Gasteiger partial charge < -0.3 is 20.1 Å². The van der Waals surface area contributed by atoms with E-state index in [4.69, 9.17) is 4.74 Å². The van der Waals surface area contributed by atoms with Crippen molar-refractivity contribution in [3.63, 3.8) is 0 Å². The van der Waals surface area contributed by atoms with Crippen molar-refractivity contribution in [2.75, 3.05) is 6.61 Å². The lowest BCUT2D eigenvalue weighted by molar-refractivity contribution is -0.202. The molecular weight excluding hydrogens is 400 g/mol. The van der Waals surface area contributed by atoms with E-state index in [2.05, 4.69) is 34.6 Å². The second-order valence-corrected chi connectivity index (χ2v) is 14.6. The van der Waals surface area contributed by atoms with Gasteiger partial charge in [0.25, 0.3) is 0 Å². The first-order chi connectivity index (χ1) is 14.8. The third-order valence-corrected chi connectivity index (χ3v) is 13.4. The molecule has 12 atom stereocenters. The molecule has 6 fully saturated rings. The van der Waals surface area contributed by atoms with Gasteiger partial charge in [0.15, 0.2) is 0 Å². The zero-order chi connectivity index (χ0) is 23.1. The Morgan fingerprint density at radius 3 is 2.22 bits per heavy atom. The van der Waals surface area contributed by atoms with Crippen LogP contribution >= 0.6 is 0 Å². The van der Waals surface area contributed by atoms with Gasteiger partial charge in [-0.2, -0.15) is 0 Å². The highest BCUT2D eigenvalue weighted by Crippen LogP contribution is 2.89. The Bertz CT molecular complexity index is 826. The van der Waals surface area contributed by atoms with Crippen molar-refractivity contribution in [2.45, 2.75) is 117 Å². The first-order valence-electron chi connectivity index (χ1n) is 13.5. The Kier molecular flexibility index (Phi) is 4.29. The zero-order valence-electron chi connectivity index (χ0n) is 21.2. The van der Waals surface area contributed by atoms with Gasteiger partial charge in [0.05, 0.1) is 30.5 Å². The summed E-state index contributed by atoms with van der Waals surface area (Å²) in [5, 5.41) is 33.0. The summed E-state index contributed by atoms with van der Waals surface area (Å²) in [6, 6.07) is 0. The fraction of sp³-hybridized carbons (Fsp3) is 1.00. The third kappa shape index (κ3) is 2.17. The molecule has 3 unspecified atom stereocenters. The third-order valence-electron chi connectivity index (χ3n) is 13.4. The molecule has 0 aromatic carbocycles. The first-order valence-corrected chi connectivity index (χ1v) is 13.5. The highest BCUT2D eigenvalue weighted by Gasteiger charge is 2.84. The van der Waals surface area contributed by atoms with Crippen LogP contribution in [0.25, 0.3) is 0 Å². The highest BCUT2D eigenvalue weighted by atomic mass is 16.5. The molecule has 1 heterocycles. The number of hydrogen-bond donors (Lipinski definition) is 3. The largest absolute Gasteiger partial charge is 0.393 e. The molecule has 182 valence electrons. The second-order valence-electron chi connectivity index (χ2n) is 14.6. The van der Waals surface area contributed by atoms with Crippen LogP contribution in [0.4, 0.5) is 0 Å². The zero-order valence-corrected chi connectivity index (χ0v) is 21.2. The lowest BCUT2D eigenvalue weighted by atomic mass is 9.41. The molecule has 2 spiro atoms. The van der Waals surface area contributed by atoms with Crippen molar-refractivity contribution < 1.29 is 20.1 Å². The maximum atomic E-state index is 12.1. The molecule has 4 nitrogen and oxygen atoms in total. The van der Waals surface area contributed by atoms with Gasteiger partial charge in [0, 0.05) is 5.41 Å². The molecule has 3 N–H and O–H groups in total. The van der Waals surface area contributed by atoms with Gasteiger partial charge in [-0.25, -0.2) is 0 Å². The molecule has 0 aromatic heterocycles. The van der Waals surface area contributed by atoms with Crippen LogP contribution in [0, 0.1) is 50.7 Å². The van der Waals surface area contributed by atoms with Crippen LogP contribution in [-0.4, -0.2) is 45.8 Å². The van der Waals surface area contributed by atoms with E-state index in [1.165, 1.54) is 38.5 Å². The van der Waals surface area contributed by atoms with Crippen LogP contribution < -0.4 is 0 Å². The summed E-state index contributed by atoms with van der Waals surface area (Å²) < 4.78 is 6.60. The topological polar surface area (TPSA) is 69.9 Å². The fourth-order valence-electron chi connectivity index (χ4n) is 11.8. The Labute approximate surface area is 194 Å². The standard InChI is InChI=1S/C28H46O4/c1-16-13-24(4,15-29)32-21-20(16)25(5)11-12-28-14-27(28)10-9-19(30)23(2,3)17(27)7-8-18(28)26(25,6)22(21)31/h16-22,29-31H,7-15H2,1-6H3/t16-,17+,18?,19+,20?,21?,22+,24-,25-,26-,27-,28+/m1/s1. The van der Waals surface area contributed by atoms with Crippen LogP contribution in [0.3, 0.4) is 0 Å². The Hall–Kier alpha value is -0.160. The summed E-state index contributed by atoms with van der Waals surface area (Å²) in [4.78, 5) is 0. The summed E-state index contributed by atoms with van der Waals surface area (Å²) in [5.41, 5.74) is 0.106. The SMILES string of the molecule is C[C@@H]1C[C@](C)(CO)OC2C1[C@@]1(C)CC[C@@]34C[C@@]35CC[C@H](O)C(C)(C)[C@@H]5CCC4[C@]1(C)[C@H]2O. The molecule has 5 saturated carbocycles. The number of aliphatic hydroxyl groups excluding tert-OH is 3. The number of aliphatic hydroxyl groups is 3. The van der Waals surface area contributed by atoms with E-state index in [1.807, 2.05) is 6.92 Å². The monoisotopic (exact) mass is 446 g/mol. The number of hydrogen-bond acceptors (Lipinski definition) is 4. The van der Waals surface area contributed by atoms with Crippen molar-refractivity contribution in [2.24, 2.45) is 50.7 Å². The smallest absolute Gasteiger partial charge is 0.0892 e. The minimum Gasteiger partial charge on any atom is -0.393 e. The fourth-order valence-corrected chi connectivity index (χ4v) is 11.8. The Balaban J connectivity index is 1.41. The normalized spacial score (nSPS) is 64.6. The lowest BCUT2D eigenvalue weighted by Gasteiger charge is -2.63. The predicted molar refractivity (Wildman–Crippen MR) is 124 cm³/mol. The van der Waals surface area contributed by atoms with Crippen molar-refractivity contribution >= 4 is 0 Å². The quantitative estimate of drug-likeness (QED) is 0.553. The van der Waals surface area contributed by atoms with Gasteiger partial charge in [-0.1, -0.05) is 34.6 Å². The van der Waals surface area contributed by atoms with Gasteiger partial charge in [-0.15, -0.1) is 0 Å². The molecule has 5 aliphatic carbocycles. The van der Waals surface area contributed by atoms with Crippen LogP contribution in [0.1, 0.15) is 92.9 Å². The minimum atomic E-state index is -0.540. The molecule has 0 bridgehead atoms. The average molecular weight is 447 g/mol. The van der Waals surface area contributed by atoms with Crippen molar-refractivity contribution in [1.29, 1.82) is 0 Å². The van der Waals surface area contributed by atoms with E-state index in [1.54, 1.807) is 0 Å². The van der Waals surface area contributed by atoms with Gasteiger partial charge in [-0.3, -0.25) is 0 Å². The molecule has 0 amide bonds. The summed E-state index contributed by atoms with van der Waals surface area (Å²) in [6.07, 6.45) is 8.31. The van der Waals surface area contributed by atoms with Gasteiger partial charge in [-0.05, 0) is 104 Å². The number of ether oxygens (including phenoxy) is 1. The first kappa shape index (κ1) is 22.3. The van der Waals surface area contributed by atoms with E-state index in [9.17, 15) is 15.3 Å². The van der Waals surface area contributed by atoms with Gasteiger partial charge in [0.2, 0.25) is 0 Å². The minimum absolute atomic E-state index is 0.00276. The van der Waals surface area contributed by atoms with E-state index in [0.717, 1.165) is 12.8 Å². The summed E-state index contributed by atoms with van der Waals surface area (Å²) in [6.45, 7) is 13.9. The van der Waals surface area contributed by atoms with E-state index >= 15 is 0 Å². The molecule has 32 heavy (non-hydrogen) atoms. The molecule has 1 aliphatic heterocycles. The average Bonchev–Trinajstić information content (AvgIpc) is 3.36. The van der Waals surface area contributed by atoms with Crippen molar-refractivity contribution in [1.82, 2.24) is 0 Å². The van der Waals surface area contributed by atoms with E-state index in [-0.39, 0.29) is 35.1 Å². The van der Waals surface area contributed by atoms with Crippen LogP contribution in [0.15, 0.2) is 0 Å². The molecule has 1 saturated heterocycles. The predicted octanol–water partition coefficient (Wildman–Crippen LogP) is 4.54. The Morgan fingerprint density at radius 2 is 1.53 bits per heavy atom. The molecule has 4 heteroatoms. The van der Waals surface area contributed by atoms with E-state index < -0.39 is 11.7 Å². The molecule has 0 radical (unpaired) electrons. The van der Waals surface area contributed by atoms with Crippen LogP contribution in [-0.2, 0) is 4.74 Å². The molecule has 0 aromatic rings. The van der Waals surface area contributed by atoms with Crippen molar-refractivity contribution in [3.8, 4) is 0 Å². The number of fused-ring (bicyclic) bond motifs is 4. The maximum Gasteiger partial charge on any atom is 0.0892 e. The van der Waals surface area contributed by atoms with Crippen LogP contribution in [0.5, 0.6) is 0 Å². The lowest BCUT2D eigenvalue weighted by Crippen LogP contribution is -2.59. The van der Waals surface area contributed by atoms with Gasteiger partial charge >= 0.3 is 0 Å². The molecular formula is C28H46O4. The van der Waals surface area contributed by atoms with Gasteiger partial charge in [0.1, 0.15) is 0 Å². The Morgan fingerprint density at radius 1 is 0.875 bits per heavy atom. The summed E-state index contributed by atoms with van der Waals surface area (Å²) >= 11 is 0. The molecule has 6 rings (SSSR count). The maximum absolute atomic E-state index is 12.1. The van der Waals surface area contributed by atoms with Crippen molar-refractivity contribution in [3.05, 3.63) is 0 Å². The second kappa shape index (κ2) is 6.15. The van der Waals surface area contributed by atoms with Crippen LogP contribution in [0.2, 0.25) is 0 Å². The molecule has 6 aliphatic rings. The van der Waals surface area contributed by atoms with E-state index in [0.29, 0.717) is 34.5 Å². The highest BCUT2D eigenvalue weighted by molar-refractivity contribution is 5.32. The number of rotatable bonds is 1. The summed E-state index contributed by atoms with van der Waals surface area (Å²) in [7, 11) is 0. The summed E-state index contributed by atoms with van der Waals surface area (Å²) in [5.74, 6) is 1.94.